The van der Waals surface area contributed by atoms with Crippen molar-refractivity contribution in [2.45, 2.75) is 36.4 Å². The number of amides is 2. The average Bonchev–Trinajstić information content (AvgIpc) is 2.78. The van der Waals surface area contributed by atoms with Gasteiger partial charge in [0.1, 0.15) is 19.0 Å². The molecule has 15 heteroatoms. The Hall–Kier alpha value is -3.13. The van der Waals surface area contributed by atoms with Gasteiger partial charge in [-0.15, -0.1) is 0 Å². The summed E-state index contributed by atoms with van der Waals surface area (Å²) in [6.45, 7) is -1.01. The average molecular weight is 526 g/mol. The largest absolute Gasteiger partial charge is 0.482 e. The van der Waals surface area contributed by atoms with Crippen molar-refractivity contribution in [3.05, 3.63) is 48.5 Å². The van der Waals surface area contributed by atoms with Crippen molar-refractivity contribution < 1.29 is 40.7 Å². The first kappa shape index (κ1) is 26.5. The van der Waals surface area contributed by atoms with Crippen LogP contribution in [0.15, 0.2) is 43.0 Å². The Labute approximate surface area is 199 Å². The summed E-state index contributed by atoms with van der Waals surface area (Å²) in [4.78, 5) is 34.0. The van der Waals surface area contributed by atoms with Gasteiger partial charge in [-0.1, -0.05) is 11.6 Å². The first-order valence-electron chi connectivity index (χ1n) is 9.96. The Morgan fingerprint density at radius 2 is 1.80 bits per heavy atom. The Kier molecular flexibility index (Phi) is 8.05. The van der Waals surface area contributed by atoms with E-state index in [2.05, 4.69) is 15.3 Å². The number of nitrogens with zero attached hydrogens (tertiary/aromatic N) is 3. The fourth-order valence-electron chi connectivity index (χ4n) is 3.40. The summed E-state index contributed by atoms with van der Waals surface area (Å²) >= 11 is 5.35. The van der Waals surface area contributed by atoms with Gasteiger partial charge >= 0.3 is 6.30 Å². The number of halogens is 7. The molecule has 3 rings (SSSR count). The highest BCUT2D eigenvalue weighted by atomic mass is 35.5. The molecule has 190 valence electrons. The van der Waals surface area contributed by atoms with E-state index in [0.29, 0.717) is 4.90 Å². The molecule has 35 heavy (non-hydrogen) atoms. The van der Waals surface area contributed by atoms with Crippen LogP contribution in [0.5, 0.6) is 0 Å². The zero-order valence-electron chi connectivity index (χ0n) is 17.6. The van der Waals surface area contributed by atoms with Crippen LogP contribution in [0.3, 0.4) is 0 Å². The molecule has 1 aromatic carbocycles. The summed E-state index contributed by atoms with van der Waals surface area (Å²) in [6, 6.07) is 0.391. The van der Waals surface area contributed by atoms with Crippen LogP contribution in [0.2, 0.25) is 0 Å². The zero-order valence-corrected chi connectivity index (χ0v) is 18.4. The monoisotopic (exact) mass is 525 g/mol. The number of carbonyl (C=O) groups excluding carboxylic acids is 2. The molecule has 2 amide bonds. The Morgan fingerprint density at radius 1 is 1.17 bits per heavy atom. The van der Waals surface area contributed by atoms with Gasteiger partial charge < -0.3 is 10.1 Å². The van der Waals surface area contributed by atoms with Gasteiger partial charge in [0.15, 0.2) is 0 Å². The molecular weight excluding hydrogens is 508 g/mol. The third-order valence-corrected chi connectivity index (χ3v) is 5.12. The predicted octanol–water partition coefficient (Wildman–Crippen LogP) is 3.56. The number of nitrogens with one attached hydrogen (secondary N) is 2. The van der Waals surface area contributed by atoms with Gasteiger partial charge in [0.05, 0.1) is 6.04 Å². The van der Waals surface area contributed by atoms with Crippen LogP contribution in [-0.4, -0.2) is 58.9 Å². The van der Waals surface area contributed by atoms with Crippen LogP contribution in [0.4, 0.5) is 37.7 Å². The second kappa shape index (κ2) is 10.6. The summed E-state index contributed by atoms with van der Waals surface area (Å²) in [7, 11) is 0. The number of carbonyl (C=O) groups is 2. The number of alkyl halides is 7. The minimum Gasteiger partial charge on any atom is -0.375 e. The van der Waals surface area contributed by atoms with Crippen LogP contribution in [0.1, 0.15) is 18.0 Å². The molecule has 0 saturated carbocycles. The molecule has 0 radical (unpaired) electrons. The highest BCUT2D eigenvalue weighted by molar-refractivity contribution is 6.32. The van der Waals surface area contributed by atoms with Gasteiger partial charge in [-0.05, 0) is 30.7 Å². The summed E-state index contributed by atoms with van der Waals surface area (Å²) in [5.41, 5.74) is -3.42. The van der Waals surface area contributed by atoms with E-state index in [4.69, 9.17) is 16.3 Å². The highest BCUT2D eigenvalue weighted by Crippen LogP contribution is 2.32. The molecule has 0 spiro atoms. The molecule has 1 aliphatic rings. The first-order valence-corrected chi connectivity index (χ1v) is 10.4. The molecule has 1 unspecified atom stereocenters. The number of hydrogen-bond donors (Lipinski definition) is 2. The van der Waals surface area contributed by atoms with E-state index < -0.39 is 54.0 Å². The maximum Gasteiger partial charge on any atom is 0.482 e. The quantitative estimate of drug-likeness (QED) is 0.326. The third-order valence-electron chi connectivity index (χ3n) is 4.93. The van der Waals surface area contributed by atoms with Gasteiger partial charge in [-0.3, -0.25) is 19.8 Å². The maximum absolute atomic E-state index is 14.3. The molecule has 1 fully saturated rings. The number of aromatic nitrogens is 2. The lowest BCUT2D eigenvalue weighted by Crippen LogP contribution is -2.56. The van der Waals surface area contributed by atoms with E-state index in [9.17, 15) is 35.9 Å². The Morgan fingerprint density at radius 3 is 2.34 bits per heavy atom. The zero-order chi connectivity index (χ0) is 25.8. The van der Waals surface area contributed by atoms with Gasteiger partial charge in [-0.2, -0.15) is 13.2 Å². The lowest BCUT2D eigenvalue weighted by Gasteiger charge is -2.35. The van der Waals surface area contributed by atoms with E-state index in [0.717, 1.165) is 43.0 Å². The van der Waals surface area contributed by atoms with Crippen LogP contribution in [0.25, 0.3) is 0 Å². The lowest BCUT2D eigenvalue weighted by atomic mass is 10.0. The summed E-state index contributed by atoms with van der Waals surface area (Å²) < 4.78 is 85.0. The Balaban J connectivity index is 2.02. The highest BCUT2D eigenvalue weighted by Gasteiger charge is 2.45. The second-order valence-corrected chi connectivity index (χ2v) is 7.80. The standard InChI is InChI=1S/C20H18ClF6N5O3/c21-16(22)18(34)32(13-3-1-12(2-4-13)31-20(25,26)27)15(11-7-28-10-29-8-11)17(33)30-14-5-6-35-9-19(14,23)24/h1-4,7-8,10,14-16,31H,5-6,9H2,(H,30,33)/t14-,15?,16+/m1/s1. The smallest absolute Gasteiger partial charge is 0.375 e. The van der Waals surface area contributed by atoms with E-state index in [-0.39, 0.29) is 24.3 Å². The van der Waals surface area contributed by atoms with Gasteiger partial charge in [-0.25, -0.2) is 23.1 Å². The van der Waals surface area contributed by atoms with Crippen LogP contribution < -0.4 is 15.5 Å². The molecule has 2 aromatic rings. The normalized spacial score (nSPS) is 19.3. The van der Waals surface area contributed by atoms with Crippen molar-refractivity contribution in [3.8, 4) is 0 Å². The van der Waals surface area contributed by atoms with E-state index in [1.54, 1.807) is 0 Å². The fraction of sp³-hybridized carbons (Fsp3) is 0.400. The minimum atomic E-state index is -4.75. The number of rotatable bonds is 7. The van der Waals surface area contributed by atoms with Crippen molar-refractivity contribution in [3.63, 3.8) is 0 Å². The molecule has 1 aliphatic heterocycles. The van der Waals surface area contributed by atoms with Crippen LogP contribution in [-0.2, 0) is 14.3 Å². The second-order valence-electron chi connectivity index (χ2n) is 7.42. The fourth-order valence-corrected chi connectivity index (χ4v) is 3.50. The number of anilines is 2. The van der Waals surface area contributed by atoms with E-state index >= 15 is 0 Å². The molecule has 1 saturated heterocycles. The van der Waals surface area contributed by atoms with Crippen molar-refractivity contribution >= 4 is 34.8 Å². The van der Waals surface area contributed by atoms with Crippen molar-refractivity contribution in [1.82, 2.24) is 15.3 Å². The van der Waals surface area contributed by atoms with Gasteiger partial charge in [0.25, 0.3) is 17.5 Å². The third kappa shape index (κ3) is 6.72. The molecular formula is C20H18ClF6N5O3. The molecule has 3 atom stereocenters. The lowest BCUT2D eigenvalue weighted by molar-refractivity contribution is -0.148. The molecule has 1 aromatic heterocycles. The number of ether oxygens (including phenoxy) is 1. The topological polar surface area (TPSA) is 96.4 Å². The van der Waals surface area contributed by atoms with Crippen LogP contribution >= 0.6 is 11.6 Å². The first-order chi connectivity index (χ1) is 16.4. The van der Waals surface area contributed by atoms with E-state index in [1.807, 2.05) is 0 Å². The van der Waals surface area contributed by atoms with Crippen molar-refractivity contribution in [2.24, 2.45) is 0 Å². The van der Waals surface area contributed by atoms with Crippen molar-refractivity contribution in [1.29, 1.82) is 0 Å². The maximum atomic E-state index is 14.3. The summed E-state index contributed by atoms with van der Waals surface area (Å²) in [5.74, 6) is -6.04. The number of benzene rings is 1. The minimum absolute atomic E-state index is 0.0653. The van der Waals surface area contributed by atoms with Crippen LogP contribution in [0, 0.1) is 0 Å². The summed E-state index contributed by atoms with van der Waals surface area (Å²) in [5, 5.41) is 3.40. The molecule has 2 heterocycles. The van der Waals surface area contributed by atoms with Gasteiger partial charge in [0.2, 0.25) is 5.91 Å². The molecule has 2 N–H and O–H groups in total. The summed E-state index contributed by atoms with van der Waals surface area (Å²) in [6.07, 6.45) is -1.71. The van der Waals surface area contributed by atoms with E-state index in [1.165, 1.54) is 5.32 Å². The molecule has 0 bridgehead atoms. The van der Waals surface area contributed by atoms with Crippen molar-refractivity contribution in [2.75, 3.05) is 23.4 Å². The molecule has 8 nitrogen and oxygen atoms in total. The number of hydrogen-bond acceptors (Lipinski definition) is 6. The Bertz CT molecular complexity index is 1030. The SMILES string of the molecule is O=C(N[C@@H]1CCOCC1(F)F)C(c1cncnc1)N(C(=O)[C@H](F)Cl)c1ccc(NC(F)(F)F)cc1. The predicted molar refractivity (Wildman–Crippen MR) is 111 cm³/mol. The molecule has 0 aliphatic carbocycles. The van der Waals surface area contributed by atoms with Gasteiger partial charge in [0, 0.05) is 35.9 Å².